The number of amides is 1. The maximum atomic E-state index is 12.6. The van der Waals surface area contributed by atoms with Crippen LogP contribution in [0.25, 0.3) is 0 Å². The summed E-state index contributed by atoms with van der Waals surface area (Å²) in [6.07, 6.45) is 0. The van der Waals surface area contributed by atoms with E-state index in [1.54, 1.807) is 32.2 Å². The van der Waals surface area contributed by atoms with Crippen LogP contribution in [0.5, 0.6) is 17.2 Å². The van der Waals surface area contributed by atoms with Gasteiger partial charge in [0.25, 0.3) is 5.56 Å². The van der Waals surface area contributed by atoms with Gasteiger partial charge < -0.3 is 24.5 Å². The standard InChI is InChI=1S/C22H23N3O5S/c1-14(21(27)23-15-9-10-18(28-2)19(11-15)29-3)31-22-24-16(12-20(26)25-22)13-30-17-7-5-4-6-8-17/h4-12,14H,13H2,1-3H3,(H,23,27)(H,24,25,26). The number of H-pyrrole nitrogens is 1. The minimum atomic E-state index is -0.512. The van der Waals surface area contributed by atoms with Crippen LogP contribution in [0.15, 0.2) is 64.5 Å². The van der Waals surface area contributed by atoms with Gasteiger partial charge in [-0.05, 0) is 31.2 Å². The largest absolute Gasteiger partial charge is 0.493 e. The van der Waals surface area contributed by atoms with Crippen molar-refractivity contribution in [3.05, 3.63) is 70.6 Å². The van der Waals surface area contributed by atoms with E-state index in [-0.39, 0.29) is 18.1 Å². The average molecular weight is 442 g/mol. The van der Waals surface area contributed by atoms with E-state index in [2.05, 4.69) is 15.3 Å². The third-order valence-corrected chi connectivity index (χ3v) is 5.20. The number of nitrogens with one attached hydrogen (secondary N) is 2. The van der Waals surface area contributed by atoms with E-state index in [1.807, 2.05) is 30.3 Å². The Morgan fingerprint density at radius 2 is 1.84 bits per heavy atom. The first kappa shape index (κ1) is 22.2. The highest BCUT2D eigenvalue weighted by atomic mass is 32.2. The monoisotopic (exact) mass is 441 g/mol. The Kier molecular flexibility index (Phi) is 7.55. The van der Waals surface area contributed by atoms with Crippen molar-refractivity contribution in [3.63, 3.8) is 0 Å². The number of carbonyl (C=O) groups is 1. The fraction of sp³-hybridized carbons (Fsp3) is 0.227. The van der Waals surface area contributed by atoms with E-state index in [0.29, 0.717) is 33.8 Å². The summed E-state index contributed by atoms with van der Waals surface area (Å²) >= 11 is 1.15. The number of anilines is 1. The van der Waals surface area contributed by atoms with Crippen molar-refractivity contribution < 1.29 is 19.0 Å². The smallest absolute Gasteiger partial charge is 0.251 e. The lowest BCUT2D eigenvalue weighted by Gasteiger charge is -2.14. The number of thioether (sulfide) groups is 1. The summed E-state index contributed by atoms with van der Waals surface area (Å²) < 4.78 is 16.1. The number of benzene rings is 2. The third-order valence-electron chi connectivity index (χ3n) is 4.21. The number of aromatic amines is 1. The van der Waals surface area contributed by atoms with Crippen LogP contribution in [-0.4, -0.2) is 35.3 Å². The zero-order valence-corrected chi connectivity index (χ0v) is 18.2. The topological polar surface area (TPSA) is 103 Å². The molecule has 0 aliphatic carbocycles. The molecule has 0 radical (unpaired) electrons. The molecule has 2 aromatic carbocycles. The Morgan fingerprint density at radius 1 is 1.10 bits per heavy atom. The maximum Gasteiger partial charge on any atom is 0.251 e. The van der Waals surface area contributed by atoms with E-state index in [0.717, 1.165) is 11.8 Å². The SMILES string of the molecule is COc1ccc(NC(=O)C(C)Sc2nc(COc3ccccc3)cc(=O)[nH]2)cc1OC. The van der Waals surface area contributed by atoms with Gasteiger partial charge in [-0.3, -0.25) is 9.59 Å². The molecule has 0 fully saturated rings. The highest BCUT2D eigenvalue weighted by Gasteiger charge is 2.17. The van der Waals surface area contributed by atoms with E-state index in [4.69, 9.17) is 14.2 Å². The predicted octanol–water partition coefficient (Wildman–Crippen LogP) is 3.49. The Balaban J connectivity index is 1.64. The number of rotatable bonds is 9. The molecule has 3 rings (SSSR count). The number of hydrogen-bond acceptors (Lipinski definition) is 7. The molecule has 0 bridgehead atoms. The van der Waals surface area contributed by atoms with Crippen LogP contribution >= 0.6 is 11.8 Å². The van der Waals surface area contributed by atoms with Gasteiger partial charge in [0, 0.05) is 17.8 Å². The zero-order valence-electron chi connectivity index (χ0n) is 17.4. The summed E-state index contributed by atoms with van der Waals surface area (Å²) in [4.78, 5) is 31.7. The molecule has 0 saturated heterocycles. The normalized spacial score (nSPS) is 11.5. The van der Waals surface area contributed by atoms with Crippen LogP contribution in [-0.2, 0) is 11.4 Å². The van der Waals surface area contributed by atoms with Crippen molar-refractivity contribution in [2.75, 3.05) is 19.5 Å². The van der Waals surface area contributed by atoms with Gasteiger partial charge in [0.05, 0.1) is 25.2 Å². The molecule has 1 heterocycles. The molecular weight excluding hydrogens is 418 g/mol. The van der Waals surface area contributed by atoms with Gasteiger partial charge in [0.2, 0.25) is 5.91 Å². The number of hydrogen-bond donors (Lipinski definition) is 2. The summed E-state index contributed by atoms with van der Waals surface area (Å²) in [5, 5.41) is 2.65. The molecule has 0 aliphatic rings. The Morgan fingerprint density at radius 3 is 2.55 bits per heavy atom. The fourth-order valence-corrected chi connectivity index (χ4v) is 3.50. The second-order valence-corrected chi connectivity index (χ2v) is 7.79. The summed E-state index contributed by atoms with van der Waals surface area (Å²) in [5.41, 5.74) is 0.737. The van der Waals surface area contributed by atoms with Crippen molar-refractivity contribution in [2.24, 2.45) is 0 Å². The molecule has 1 atom stereocenters. The molecule has 2 N–H and O–H groups in total. The number of carbonyl (C=O) groups excluding carboxylic acids is 1. The lowest BCUT2D eigenvalue weighted by atomic mass is 10.2. The molecule has 1 amide bonds. The Hall–Kier alpha value is -3.46. The molecule has 0 aliphatic heterocycles. The fourth-order valence-electron chi connectivity index (χ4n) is 2.67. The number of aromatic nitrogens is 2. The lowest BCUT2D eigenvalue weighted by Crippen LogP contribution is -2.23. The molecule has 162 valence electrons. The second-order valence-electron chi connectivity index (χ2n) is 6.46. The molecule has 3 aromatic rings. The molecule has 0 saturated carbocycles. The Labute approximate surface area is 184 Å². The van der Waals surface area contributed by atoms with Crippen molar-refractivity contribution in [2.45, 2.75) is 23.9 Å². The summed E-state index contributed by atoms with van der Waals surface area (Å²) in [6.45, 7) is 1.88. The number of ether oxygens (including phenoxy) is 3. The van der Waals surface area contributed by atoms with Gasteiger partial charge in [-0.1, -0.05) is 30.0 Å². The maximum absolute atomic E-state index is 12.6. The van der Waals surface area contributed by atoms with Crippen LogP contribution < -0.4 is 25.1 Å². The van der Waals surface area contributed by atoms with Gasteiger partial charge >= 0.3 is 0 Å². The van der Waals surface area contributed by atoms with E-state index in [9.17, 15) is 9.59 Å². The molecule has 31 heavy (non-hydrogen) atoms. The summed E-state index contributed by atoms with van der Waals surface area (Å²) in [7, 11) is 3.07. The first-order valence-electron chi connectivity index (χ1n) is 9.46. The van der Waals surface area contributed by atoms with Gasteiger partial charge in [-0.15, -0.1) is 0 Å². The van der Waals surface area contributed by atoms with Crippen LogP contribution in [0.3, 0.4) is 0 Å². The first-order valence-corrected chi connectivity index (χ1v) is 10.3. The highest BCUT2D eigenvalue weighted by molar-refractivity contribution is 8.00. The van der Waals surface area contributed by atoms with E-state index < -0.39 is 5.25 Å². The van der Waals surface area contributed by atoms with Gasteiger partial charge in [-0.2, -0.15) is 0 Å². The molecule has 0 spiro atoms. The first-order chi connectivity index (χ1) is 15.0. The quantitative estimate of drug-likeness (QED) is 0.387. The summed E-state index contributed by atoms with van der Waals surface area (Å²) in [5.74, 6) is 1.52. The Bertz CT molecular complexity index is 1090. The zero-order chi connectivity index (χ0) is 22.2. The van der Waals surface area contributed by atoms with Gasteiger partial charge in [0.15, 0.2) is 16.7 Å². The van der Waals surface area contributed by atoms with Crippen molar-refractivity contribution in [1.29, 1.82) is 0 Å². The van der Waals surface area contributed by atoms with Crippen LogP contribution in [0, 0.1) is 0 Å². The average Bonchev–Trinajstić information content (AvgIpc) is 2.77. The van der Waals surface area contributed by atoms with Crippen molar-refractivity contribution >= 4 is 23.4 Å². The van der Waals surface area contributed by atoms with Gasteiger partial charge in [-0.25, -0.2) is 4.98 Å². The third kappa shape index (κ3) is 6.26. The number of nitrogens with zero attached hydrogens (tertiary/aromatic N) is 1. The predicted molar refractivity (Wildman–Crippen MR) is 119 cm³/mol. The number of methoxy groups -OCH3 is 2. The lowest BCUT2D eigenvalue weighted by molar-refractivity contribution is -0.115. The summed E-state index contributed by atoms with van der Waals surface area (Å²) in [6, 6.07) is 15.7. The van der Waals surface area contributed by atoms with E-state index in [1.165, 1.54) is 13.2 Å². The minimum Gasteiger partial charge on any atom is -0.493 e. The van der Waals surface area contributed by atoms with Crippen molar-refractivity contribution in [3.8, 4) is 17.2 Å². The minimum absolute atomic E-state index is 0.147. The molecule has 1 aromatic heterocycles. The number of para-hydroxylation sites is 1. The molecule has 8 nitrogen and oxygen atoms in total. The van der Waals surface area contributed by atoms with Crippen molar-refractivity contribution in [1.82, 2.24) is 9.97 Å². The van der Waals surface area contributed by atoms with Crippen LogP contribution in [0.2, 0.25) is 0 Å². The molecular formula is C22H23N3O5S. The highest BCUT2D eigenvalue weighted by Crippen LogP contribution is 2.30. The van der Waals surface area contributed by atoms with Crippen LogP contribution in [0.1, 0.15) is 12.6 Å². The van der Waals surface area contributed by atoms with Gasteiger partial charge in [0.1, 0.15) is 12.4 Å². The molecule has 1 unspecified atom stereocenters. The van der Waals surface area contributed by atoms with E-state index >= 15 is 0 Å². The second kappa shape index (κ2) is 10.5. The molecule has 9 heteroatoms. The van der Waals surface area contributed by atoms with Crippen LogP contribution in [0.4, 0.5) is 5.69 Å².